The molecule has 5 nitrogen and oxygen atoms in total. The summed E-state index contributed by atoms with van der Waals surface area (Å²) in [6, 6.07) is 20.7. The molecule has 0 bridgehead atoms. The van der Waals surface area contributed by atoms with Gasteiger partial charge in [-0.05, 0) is 36.5 Å². The van der Waals surface area contributed by atoms with Crippen LogP contribution in [-0.2, 0) is 11.2 Å². The topological polar surface area (TPSA) is 56.7 Å². The number of nitrogens with zero attached hydrogens (tertiary/aromatic N) is 2. The van der Waals surface area contributed by atoms with E-state index < -0.39 is 0 Å². The molecule has 6 heteroatoms. The fourth-order valence-electron chi connectivity index (χ4n) is 3.44. The van der Waals surface area contributed by atoms with Gasteiger partial charge in [0.25, 0.3) is 0 Å². The first-order valence-corrected chi connectivity index (χ1v) is 11.2. The third kappa shape index (κ3) is 7.13. The summed E-state index contributed by atoms with van der Waals surface area (Å²) in [7, 11) is 1.78. The molecule has 0 radical (unpaired) electrons. The molecule has 2 N–H and O–H groups in total. The summed E-state index contributed by atoms with van der Waals surface area (Å²) in [5.74, 6) is 2.56. The van der Waals surface area contributed by atoms with Gasteiger partial charge in [0.1, 0.15) is 0 Å². The summed E-state index contributed by atoms with van der Waals surface area (Å²) in [4.78, 5) is 20.1. The van der Waals surface area contributed by atoms with Gasteiger partial charge in [0.2, 0.25) is 5.91 Å². The van der Waals surface area contributed by atoms with Crippen LogP contribution in [0.5, 0.6) is 0 Å². The highest BCUT2D eigenvalue weighted by Crippen LogP contribution is 2.25. The second kappa shape index (κ2) is 11.5. The molecule has 3 rings (SSSR count). The largest absolute Gasteiger partial charge is 0.354 e. The molecule has 1 amide bonds. The lowest BCUT2D eigenvalue weighted by Crippen LogP contribution is -2.45. The predicted molar refractivity (Wildman–Crippen MR) is 121 cm³/mol. The van der Waals surface area contributed by atoms with Crippen LogP contribution in [0.4, 0.5) is 0 Å². The third-order valence-corrected chi connectivity index (χ3v) is 6.26. The van der Waals surface area contributed by atoms with Crippen molar-refractivity contribution in [2.24, 2.45) is 10.9 Å². The molecule has 2 aromatic carbocycles. The summed E-state index contributed by atoms with van der Waals surface area (Å²) < 4.78 is 0. The van der Waals surface area contributed by atoms with Crippen LogP contribution < -0.4 is 10.6 Å². The van der Waals surface area contributed by atoms with Crippen molar-refractivity contribution >= 4 is 23.6 Å². The molecule has 2 aromatic rings. The van der Waals surface area contributed by atoms with E-state index in [1.165, 1.54) is 10.5 Å². The van der Waals surface area contributed by atoms with Gasteiger partial charge in [0.15, 0.2) is 5.96 Å². The fraction of sp³-hybridized carbons (Fsp3) is 0.391. The first-order valence-electron chi connectivity index (χ1n) is 10.2. The lowest BCUT2D eigenvalue weighted by atomic mass is 10.1. The second-order valence-corrected chi connectivity index (χ2v) is 8.30. The number of guanidine groups is 1. The Morgan fingerprint density at radius 2 is 1.83 bits per heavy atom. The molecular formula is C23H30N4OS. The van der Waals surface area contributed by atoms with E-state index in [0.717, 1.165) is 37.6 Å². The van der Waals surface area contributed by atoms with E-state index in [2.05, 4.69) is 63.0 Å². The molecule has 0 saturated carbocycles. The van der Waals surface area contributed by atoms with Crippen LogP contribution in [0.25, 0.3) is 0 Å². The lowest BCUT2D eigenvalue weighted by Gasteiger charge is -2.21. The number of thioether (sulfide) groups is 1. The van der Waals surface area contributed by atoms with Crippen LogP contribution in [0.15, 0.2) is 70.6 Å². The Morgan fingerprint density at radius 1 is 1.10 bits per heavy atom. The molecule has 0 aromatic heterocycles. The molecule has 154 valence electrons. The molecule has 29 heavy (non-hydrogen) atoms. The van der Waals surface area contributed by atoms with E-state index in [0.29, 0.717) is 12.5 Å². The van der Waals surface area contributed by atoms with Gasteiger partial charge >= 0.3 is 0 Å². The zero-order valence-electron chi connectivity index (χ0n) is 17.0. The van der Waals surface area contributed by atoms with Gasteiger partial charge in [-0.3, -0.25) is 9.79 Å². The maximum Gasteiger partial charge on any atom is 0.239 e. The molecule has 1 aliphatic rings. The third-order valence-electron chi connectivity index (χ3n) is 5.01. The molecule has 1 saturated heterocycles. The Kier molecular flexibility index (Phi) is 8.43. The van der Waals surface area contributed by atoms with Crippen molar-refractivity contribution in [2.75, 3.05) is 39.0 Å². The smallest absolute Gasteiger partial charge is 0.239 e. The first kappa shape index (κ1) is 21.2. The van der Waals surface area contributed by atoms with Crippen LogP contribution in [-0.4, -0.2) is 55.7 Å². The minimum absolute atomic E-state index is 0.00235. The van der Waals surface area contributed by atoms with E-state index >= 15 is 0 Å². The first-order chi connectivity index (χ1) is 14.2. The number of benzene rings is 2. The molecule has 1 atom stereocenters. The van der Waals surface area contributed by atoms with Gasteiger partial charge in [-0.15, -0.1) is 11.8 Å². The average Bonchev–Trinajstić information content (AvgIpc) is 3.23. The summed E-state index contributed by atoms with van der Waals surface area (Å²) in [6.07, 6.45) is 2.00. The minimum atomic E-state index is -0.00235. The van der Waals surface area contributed by atoms with E-state index in [-0.39, 0.29) is 12.5 Å². The van der Waals surface area contributed by atoms with Gasteiger partial charge in [0, 0.05) is 37.3 Å². The zero-order chi connectivity index (χ0) is 20.3. The van der Waals surface area contributed by atoms with Crippen molar-refractivity contribution in [1.29, 1.82) is 0 Å². The zero-order valence-corrected chi connectivity index (χ0v) is 17.8. The number of rotatable bonds is 8. The number of aliphatic imine (C=N–C) groups is 1. The number of nitrogens with one attached hydrogen (secondary N) is 2. The van der Waals surface area contributed by atoms with Crippen LogP contribution in [0, 0.1) is 5.92 Å². The van der Waals surface area contributed by atoms with Crippen molar-refractivity contribution in [3.05, 3.63) is 66.2 Å². The molecule has 0 aliphatic carbocycles. The number of carbonyl (C=O) groups excluding carboxylic acids is 1. The highest BCUT2D eigenvalue weighted by Gasteiger charge is 2.25. The quantitative estimate of drug-likeness (QED) is 0.399. The van der Waals surface area contributed by atoms with Crippen LogP contribution in [0.3, 0.4) is 0 Å². The number of amides is 1. The van der Waals surface area contributed by atoms with E-state index in [1.54, 1.807) is 7.05 Å². The van der Waals surface area contributed by atoms with E-state index in [1.807, 2.05) is 30.0 Å². The number of hydrogen-bond acceptors (Lipinski definition) is 3. The van der Waals surface area contributed by atoms with Crippen molar-refractivity contribution in [2.45, 2.75) is 17.7 Å². The predicted octanol–water partition coefficient (Wildman–Crippen LogP) is 3.03. The molecular weight excluding hydrogens is 380 g/mol. The summed E-state index contributed by atoms with van der Waals surface area (Å²) in [5.41, 5.74) is 1.23. The van der Waals surface area contributed by atoms with Crippen LogP contribution >= 0.6 is 11.8 Å². The Balaban J connectivity index is 1.35. The highest BCUT2D eigenvalue weighted by molar-refractivity contribution is 7.99. The van der Waals surface area contributed by atoms with Gasteiger partial charge in [0.05, 0.1) is 6.54 Å². The van der Waals surface area contributed by atoms with Crippen molar-refractivity contribution in [3.63, 3.8) is 0 Å². The Labute approximate surface area is 178 Å². The van der Waals surface area contributed by atoms with Crippen molar-refractivity contribution in [3.8, 4) is 0 Å². The van der Waals surface area contributed by atoms with Gasteiger partial charge in [-0.2, -0.15) is 0 Å². The Morgan fingerprint density at radius 3 is 2.55 bits per heavy atom. The minimum Gasteiger partial charge on any atom is -0.354 e. The van der Waals surface area contributed by atoms with Crippen molar-refractivity contribution in [1.82, 2.24) is 15.5 Å². The van der Waals surface area contributed by atoms with Gasteiger partial charge in [-0.1, -0.05) is 48.5 Å². The Hall–Kier alpha value is -2.47. The number of likely N-dealkylation sites (tertiary alicyclic amines) is 1. The molecule has 0 spiro atoms. The fourth-order valence-corrected chi connectivity index (χ4v) is 4.49. The normalized spacial score (nSPS) is 16.7. The Bertz CT molecular complexity index is 782. The second-order valence-electron chi connectivity index (χ2n) is 7.21. The summed E-state index contributed by atoms with van der Waals surface area (Å²) in [6.45, 7) is 2.86. The van der Waals surface area contributed by atoms with E-state index in [9.17, 15) is 4.79 Å². The average molecular weight is 411 g/mol. The van der Waals surface area contributed by atoms with Crippen LogP contribution in [0.2, 0.25) is 0 Å². The van der Waals surface area contributed by atoms with Gasteiger partial charge < -0.3 is 15.5 Å². The molecule has 1 unspecified atom stereocenters. The monoisotopic (exact) mass is 410 g/mol. The lowest BCUT2D eigenvalue weighted by molar-refractivity contribution is -0.120. The van der Waals surface area contributed by atoms with Crippen molar-refractivity contribution < 1.29 is 4.79 Å². The van der Waals surface area contributed by atoms with Gasteiger partial charge in [-0.25, -0.2) is 0 Å². The number of hydrogen-bond donors (Lipinski definition) is 2. The summed E-state index contributed by atoms with van der Waals surface area (Å²) in [5, 5.41) is 6.18. The maximum absolute atomic E-state index is 12.1. The molecule has 1 aliphatic heterocycles. The van der Waals surface area contributed by atoms with E-state index in [4.69, 9.17) is 0 Å². The number of carbonyl (C=O) groups is 1. The highest BCUT2D eigenvalue weighted by atomic mass is 32.2. The standard InChI is InChI=1S/C23H30N4OS/c1-24-23(26-16-22(28)25-14-12-19-8-4-2-5-9-19)27-15-13-20(17-27)18-29-21-10-6-3-7-11-21/h2-11,20H,12-18H2,1H3,(H,24,26)(H,25,28). The molecule has 1 fully saturated rings. The van der Waals surface area contributed by atoms with Crippen LogP contribution in [0.1, 0.15) is 12.0 Å². The summed E-state index contributed by atoms with van der Waals surface area (Å²) >= 11 is 1.91. The SMILES string of the molecule is CN=C(NCC(=O)NCCc1ccccc1)N1CCC(CSc2ccccc2)C1. The maximum atomic E-state index is 12.1. The molecule has 1 heterocycles.